The molecule has 1 heterocycles. The predicted molar refractivity (Wildman–Crippen MR) is 91.4 cm³/mol. The highest BCUT2D eigenvalue weighted by Gasteiger charge is 2.35. The topological polar surface area (TPSA) is 49.4 Å². The van der Waals surface area contributed by atoms with Gasteiger partial charge in [0.2, 0.25) is 11.8 Å². The van der Waals surface area contributed by atoms with Gasteiger partial charge >= 0.3 is 0 Å². The van der Waals surface area contributed by atoms with Gasteiger partial charge in [0.25, 0.3) is 0 Å². The van der Waals surface area contributed by atoms with Gasteiger partial charge in [0.15, 0.2) is 0 Å². The minimum Gasteiger partial charge on any atom is -0.323 e. The third-order valence-electron chi connectivity index (χ3n) is 4.43. The van der Waals surface area contributed by atoms with E-state index in [1.54, 1.807) is 17.0 Å². The van der Waals surface area contributed by atoms with E-state index in [0.717, 1.165) is 16.8 Å². The Labute approximate surface area is 140 Å². The SMILES string of the molecule is Cc1ccc(N2C[C@@H](C(=O)Nc3ccccc3F)CC2=O)cc1C. The number of para-hydroxylation sites is 1. The molecule has 0 saturated carbocycles. The summed E-state index contributed by atoms with van der Waals surface area (Å²) in [6, 6.07) is 11.8. The lowest BCUT2D eigenvalue weighted by atomic mass is 10.1. The molecule has 0 unspecified atom stereocenters. The number of anilines is 2. The van der Waals surface area contributed by atoms with Gasteiger partial charge in [0.1, 0.15) is 5.82 Å². The Hall–Kier alpha value is -2.69. The van der Waals surface area contributed by atoms with Crippen LogP contribution in [0.2, 0.25) is 0 Å². The number of nitrogens with zero attached hydrogens (tertiary/aromatic N) is 1. The molecular weight excluding hydrogens is 307 g/mol. The van der Waals surface area contributed by atoms with Crippen LogP contribution in [0.25, 0.3) is 0 Å². The first-order valence-electron chi connectivity index (χ1n) is 7.88. The van der Waals surface area contributed by atoms with E-state index in [1.165, 1.54) is 12.1 Å². The number of halogens is 1. The molecule has 5 heteroatoms. The van der Waals surface area contributed by atoms with Crippen LogP contribution in [-0.4, -0.2) is 18.4 Å². The number of hydrogen-bond acceptors (Lipinski definition) is 2. The van der Waals surface area contributed by atoms with Crippen LogP contribution in [-0.2, 0) is 9.59 Å². The fraction of sp³-hybridized carbons (Fsp3) is 0.263. The highest BCUT2D eigenvalue weighted by atomic mass is 19.1. The molecule has 1 aliphatic heterocycles. The summed E-state index contributed by atoms with van der Waals surface area (Å²) in [5, 5.41) is 2.57. The first kappa shape index (κ1) is 16.2. The molecular formula is C19H19FN2O2. The van der Waals surface area contributed by atoms with Gasteiger partial charge in [-0.15, -0.1) is 0 Å². The number of nitrogens with one attached hydrogen (secondary N) is 1. The van der Waals surface area contributed by atoms with Crippen molar-refractivity contribution in [3.8, 4) is 0 Å². The Bertz CT molecular complexity index is 804. The number of carbonyl (C=O) groups is 2. The second kappa shape index (κ2) is 6.43. The molecule has 3 rings (SSSR count). The maximum atomic E-state index is 13.6. The first-order valence-corrected chi connectivity index (χ1v) is 7.88. The van der Waals surface area contributed by atoms with Crippen molar-refractivity contribution in [3.05, 3.63) is 59.4 Å². The predicted octanol–water partition coefficient (Wildman–Crippen LogP) is 3.43. The van der Waals surface area contributed by atoms with E-state index in [0.29, 0.717) is 6.54 Å². The standard InChI is InChI=1S/C19H19FN2O2/c1-12-7-8-15(9-13(12)2)22-11-14(10-18(22)23)19(24)21-17-6-4-3-5-16(17)20/h3-9,14H,10-11H2,1-2H3,(H,21,24)/t14-/m0/s1. The van der Waals surface area contributed by atoms with Gasteiger partial charge in [-0.2, -0.15) is 0 Å². The van der Waals surface area contributed by atoms with E-state index >= 15 is 0 Å². The van der Waals surface area contributed by atoms with Gasteiger partial charge in [0, 0.05) is 18.7 Å². The Morgan fingerprint density at radius 1 is 1.17 bits per heavy atom. The second-order valence-corrected chi connectivity index (χ2v) is 6.14. The van der Waals surface area contributed by atoms with Crippen molar-refractivity contribution in [3.63, 3.8) is 0 Å². The van der Waals surface area contributed by atoms with Gasteiger partial charge in [-0.3, -0.25) is 9.59 Å². The Morgan fingerprint density at radius 2 is 1.92 bits per heavy atom. The minimum absolute atomic E-state index is 0.0908. The van der Waals surface area contributed by atoms with Crippen molar-refractivity contribution in [2.75, 3.05) is 16.8 Å². The first-order chi connectivity index (χ1) is 11.5. The molecule has 1 N–H and O–H groups in total. The molecule has 0 spiro atoms. The van der Waals surface area contributed by atoms with Crippen LogP contribution in [0, 0.1) is 25.6 Å². The Kier molecular flexibility index (Phi) is 4.34. The third kappa shape index (κ3) is 3.15. The molecule has 1 atom stereocenters. The zero-order valence-electron chi connectivity index (χ0n) is 13.7. The van der Waals surface area contributed by atoms with Crippen molar-refractivity contribution < 1.29 is 14.0 Å². The van der Waals surface area contributed by atoms with Crippen molar-refractivity contribution >= 4 is 23.2 Å². The number of carbonyl (C=O) groups excluding carboxylic acids is 2. The Balaban J connectivity index is 1.73. The molecule has 0 bridgehead atoms. The largest absolute Gasteiger partial charge is 0.323 e. The maximum absolute atomic E-state index is 13.6. The molecule has 1 saturated heterocycles. The smallest absolute Gasteiger partial charge is 0.229 e. The minimum atomic E-state index is -0.487. The van der Waals surface area contributed by atoms with Crippen LogP contribution in [0.5, 0.6) is 0 Å². The van der Waals surface area contributed by atoms with Gasteiger partial charge in [-0.05, 0) is 49.2 Å². The summed E-state index contributed by atoms with van der Waals surface area (Å²) in [6.07, 6.45) is 0.132. The highest BCUT2D eigenvalue weighted by molar-refractivity contribution is 6.03. The van der Waals surface area contributed by atoms with Gasteiger partial charge < -0.3 is 10.2 Å². The third-order valence-corrected chi connectivity index (χ3v) is 4.43. The lowest BCUT2D eigenvalue weighted by Crippen LogP contribution is -2.28. The normalized spacial score (nSPS) is 17.2. The molecule has 0 aromatic heterocycles. The molecule has 0 radical (unpaired) electrons. The summed E-state index contributed by atoms with van der Waals surface area (Å²) in [7, 11) is 0. The number of benzene rings is 2. The Morgan fingerprint density at radius 3 is 2.62 bits per heavy atom. The summed E-state index contributed by atoms with van der Waals surface area (Å²) in [6.45, 7) is 4.30. The molecule has 24 heavy (non-hydrogen) atoms. The lowest BCUT2D eigenvalue weighted by molar-refractivity contribution is -0.122. The van der Waals surface area contributed by atoms with Crippen molar-refractivity contribution in [2.24, 2.45) is 5.92 Å². The van der Waals surface area contributed by atoms with Crippen LogP contribution in [0.1, 0.15) is 17.5 Å². The van der Waals surface area contributed by atoms with Crippen LogP contribution in [0.15, 0.2) is 42.5 Å². The maximum Gasteiger partial charge on any atom is 0.229 e. The monoisotopic (exact) mass is 326 g/mol. The van der Waals surface area contributed by atoms with E-state index in [2.05, 4.69) is 5.32 Å². The number of aryl methyl sites for hydroxylation is 2. The van der Waals surface area contributed by atoms with Gasteiger partial charge in [0.05, 0.1) is 11.6 Å². The van der Waals surface area contributed by atoms with Crippen LogP contribution >= 0.6 is 0 Å². The highest BCUT2D eigenvalue weighted by Crippen LogP contribution is 2.27. The summed E-state index contributed by atoms with van der Waals surface area (Å²) in [5.74, 6) is -1.40. The molecule has 1 aliphatic rings. The number of rotatable bonds is 3. The number of amides is 2. The molecule has 1 fully saturated rings. The quantitative estimate of drug-likeness (QED) is 0.939. The zero-order chi connectivity index (χ0) is 17.3. The van der Waals surface area contributed by atoms with E-state index in [1.807, 2.05) is 32.0 Å². The second-order valence-electron chi connectivity index (χ2n) is 6.14. The molecule has 2 amide bonds. The summed E-state index contributed by atoms with van der Waals surface area (Å²) in [4.78, 5) is 26.3. The van der Waals surface area contributed by atoms with E-state index in [-0.39, 0.29) is 23.9 Å². The average molecular weight is 326 g/mol. The summed E-state index contributed by atoms with van der Waals surface area (Å²) in [5.41, 5.74) is 3.18. The zero-order valence-corrected chi connectivity index (χ0v) is 13.7. The van der Waals surface area contributed by atoms with E-state index in [9.17, 15) is 14.0 Å². The van der Waals surface area contributed by atoms with Crippen LogP contribution < -0.4 is 10.2 Å². The van der Waals surface area contributed by atoms with Gasteiger partial charge in [-0.25, -0.2) is 4.39 Å². The number of hydrogen-bond donors (Lipinski definition) is 1. The van der Waals surface area contributed by atoms with Crippen LogP contribution in [0.3, 0.4) is 0 Å². The molecule has 4 nitrogen and oxygen atoms in total. The fourth-order valence-corrected chi connectivity index (χ4v) is 2.82. The molecule has 124 valence electrons. The fourth-order valence-electron chi connectivity index (χ4n) is 2.82. The summed E-state index contributed by atoms with van der Waals surface area (Å²) < 4.78 is 13.6. The lowest BCUT2D eigenvalue weighted by Gasteiger charge is -2.18. The van der Waals surface area contributed by atoms with E-state index < -0.39 is 11.7 Å². The molecule has 0 aliphatic carbocycles. The average Bonchev–Trinajstić information content (AvgIpc) is 2.94. The van der Waals surface area contributed by atoms with E-state index in [4.69, 9.17) is 0 Å². The van der Waals surface area contributed by atoms with Crippen molar-refractivity contribution in [1.29, 1.82) is 0 Å². The van der Waals surface area contributed by atoms with Gasteiger partial charge in [-0.1, -0.05) is 18.2 Å². The van der Waals surface area contributed by atoms with Crippen LogP contribution in [0.4, 0.5) is 15.8 Å². The van der Waals surface area contributed by atoms with Crippen molar-refractivity contribution in [1.82, 2.24) is 0 Å². The van der Waals surface area contributed by atoms with Crippen molar-refractivity contribution in [2.45, 2.75) is 20.3 Å². The summed E-state index contributed by atoms with van der Waals surface area (Å²) >= 11 is 0. The molecule has 2 aromatic carbocycles. The molecule has 2 aromatic rings.